The van der Waals surface area contributed by atoms with E-state index in [1.165, 1.54) is 5.57 Å². The van der Waals surface area contributed by atoms with E-state index in [1.807, 2.05) is 34.3 Å². The van der Waals surface area contributed by atoms with Crippen molar-refractivity contribution in [3.05, 3.63) is 59.0 Å². The summed E-state index contributed by atoms with van der Waals surface area (Å²) in [4.78, 5) is 29.1. The first-order chi connectivity index (χ1) is 13.7. The monoisotopic (exact) mass is 376 g/mol. The molecule has 1 aromatic heterocycles. The number of H-pyrrole nitrogens is 1. The van der Waals surface area contributed by atoms with Crippen LogP contribution in [0.4, 0.5) is 0 Å². The van der Waals surface area contributed by atoms with Gasteiger partial charge in [-0.05, 0) is 54.6 Å². The average Bonchev–Trinajstić information content (AvgIpc) is 3.34. The molecule has 3 aliphatic carbocycles. The minimum absolute atomic E-state index is 0.0714. The highest BCUT2D eigenvalue weighted by molar-refractivity contribution is 6.00. The normalized spacial score (nSPS) is 22.0. The van der Waals surface area contributed by atoms with Crippen LogP contribution in [-0.2, 0) is 9.59 Å². The predicted octanol–water partition coefficient (Wildman–Crippen LogP) is 2.46. The molecule has 1 aromatic rings. The third-order valence-electron chi connectivity index (χ3n) is 5.99. The topological polar surface area (TPSA) is 69.3 Å². The van der Waals surface area contributed by atoms with Gasteiger partial charge in [0.1, 0.15) is 0 Å². The molecule has 1 N–H and O–H groups in total. The van der Waals surface area contributed by atoms with Crippen LogP contribution in [0.1, 0.15) is 31.2 Å². The van der Waals surface area contributed by atoms with Gasteiger partial charge in [-0.1, -0.05) is 12.2 Å². The number of allylic oxidation sites excluding steroid dienone is 6. The molecule has 2 fully saturated rings. The highest BCUT2D eigenvalue weighted by Crippen LogP contribution is 2.37. The molecule has 0 aromatic carbocycles. The van der Waals surface area contributed by atoms with Gasteiger partial charge < -0.3 is 9.80 Å². The first-order valence-electron chi connectivity index (χ1n) is 10.1. The number of amides is 2. The molecule has 0 bridgehead atoms. The van der Waals surface area contributed by atoms with Gasteiger partial charge in [0.25, 0.3) is 5.91 Å². The van der Waals surface area contributed by atoms with Gasteiger partial charge in [-0.25, -0.2) is 0 Å². The fraction of sp³-hybridized carbons (Fsp3) is 0.409. The maximum atomic E-state index is 13.1. The number of hydrogen-bond donors (Lipinski definition) is 1. The molecular formula is C22H24N4O2. The lowest BCUT2D eigenvalue weighted by molar-refractivity contribution is -0.138. The number of aromatic amines is 1. The Balaban J connectivity index is 1.34. The van der Waals surface area contributed by atoms with E-state index in [0.717, 1.165) is 48.0 Å². The minimum Gasteiger partial charge on any atom is -0.339 e. The summed E-state index contributed by atoms with van der Waals surface area (Å²) >= 11 is 0. The largest absolute Gasteiger partial charge is 0.339 e. The maximum Gasteiger partial charge on any atom is 0.254 e. The first kappa shape index (κ1) is 17.2. The van der Waals surface area contributed by atoms with E-state index in [-0.39, 0.29) is 17.7 Å². The standard InChI is InChI=1S/C22H24N4O2/c27-21(15-5-6-15)25-7-9-26(10-8-25)22(28)17-11-16-3-1-2-4-19(20(16)12-17)18-13-23-24-14-18/h2,4,11-15H,1,3,5-10H2,(H,23,24). The quantitative estimate of drug-likeness (QED) is 0.881. The lowest BCUT2D eigenvalue weighted by Gasteiger charge is -2.35. The molecular weight excluding hydrogens is 352 g/mol. The van der Waals surface area contributed by atoms with Gasteiger partial charge in [-0.2, -0.15) is 5.10 Å². The minimum atomic E-state index is 0.0714. The zero-order valence-corrected chi connectivity index (χ0v) is 15.9. The smallest absolute Gasteiger partial charge is 0.254 e. The molecule has 6 nitrogen and oxygen atoms in total. The molecule has 5 rings (SSSR count). The van der Waals surface area contributed by atoms with Crippen LogP contribution < -0.4 is 0 Å². The van der Waals surface area contributed by atoms with Gasteiger partial charge in [-0.15, -0.1) is 0 Å². The second-order valence-electron chi connectivity index (χ2n) is 7.92. The van der Waals surface area contributed by atoms with Gasteiger partial charge in [-0.3, -0.25) is 14.7 Å². The van der Waals surface area contributed by atoms with E-state index < -0.39 is 0 Å². The summed E-state index contributed by atoms with van der Waals surface area (Å²) in [5.41, 5.74) is 5.24. The number of carbonyl (C=O) groups is 2. The molecule has 2 heterocycles. The Bertz CT molecular complexity index is 924. The molecule has 6 heteroatoms. The SMILES string of the molecule is O=C(C1=CC2=C(c3cn[nH]c3)C=CCCC2=C1)N1CCN(C(=O)C2CC2)CC1. The summed E-state index contributed by atoms with van der Waals surface area (Å²) in [6.45, 7) is 2.53. The van der Waals surface area contributed by atoms with Crippen molar-refractivity contribution in [3.8, 4) is 0 Å². The van der Waals surface area contributed by atoms with Gasteiger partial charge >= 0.3 is 0 Å². The van der Waals surface area contributed by atoms with Crippen LogP contribution in [0.25, 0.3) is 5.57 Å². The third kappa shape index (κ3) is 3.13. The highest BCUT2D eigenvalue weighted by atomic mass is 16.2. The zero-order chi connectivity index (χ0) is 19.1. The second-order valence-corrected chi connectivity index (χ2v) is 7.92. The number of fused-ring (bicyclic) bond motifs is 1. The predicted molar refractivity (Wildman–Crippen MR) is 106 cm³/mol. The second kappa shape index (κ2) is 6.93. The Morgan fingerprint density at radius 3 is 2.54 bits per heavy atom. The molecule has 0 unspecified atom stereocenters. The Kier molecular flexibility index (Phi) is 4.26. The Morgan fingerprint density at radius 1 is 1.04 bits per heavy atom. The number of nitrogens with zero attached hydrogens (tertiary/aromatic N) is 3. The number of hydrogen-bond acceptors (Lipinski definition) is 3. The summed E-state index contributed by atoms with van der Waals surface area (Å²) in [7, 11) is 0. The average molecular weight is 376 g/mol. The zero-order valence-electron chi connectivity index (χ0n) is 15.9. The van der Waals surface area contributed by atoms with Crippen LogP contribution in [0.2, 0.25) is 0 Å². The van der Waals surface area contributed by atoms with E-state index in [9.17, 15) is 9.59 Å². The molecule has 0 spiro atoms. The van der Waals surface area contributed by atoms with Gasteiger partial charge in [0.15, 0.2) is 0 Å². The van der Waals surface area contributed by atoms with E-state index in [0.29, 0.717) is 26.2 Å². The van der Waals surface area contributed by atoms with Crippen LogP contribution in [0.3, 0.4) is 0 Å². The number of rotatable bonds is 3. The molecule has 1 saturated carbocycles. The Hall–Kier alpha value is -2.89. The number of carbonyl (C=O) groups excluding carboxylic acids is 2. The Morgan fingerprint density at radius 2 is 1.82 bits per heavy atom. The van der Waals surface area contributed by atoms with Crippen LogP contribution in [-0.4, -0.2) is 58.0 Å². The highest BCUT2D eigenvalue weighted by Gasteiger charge is 2.35. The molecule has 1 saturated heterocycles. The van der Waals surface area contributed by atoms with Gasteiger partial charge in [0.05, 0.1) is 6.20 Å². The van der Waals surface area contributed by atoms with Crippen LogP contribution in [0, 0.1) is 5.92 Å². The van der Waals surface area contributed by atoms with Crippen molar-refractivity contribution in [2.75, 3.05) is 26.2 Å². The number of nitrogens with one attached hydrogen (secondary N) is 1. The third-order valence-corrected chi connectivity index (χ3v) is 5.99. The number of piperazine rings is 1. The molecule has 2 amide bonds. The van der Waals surface area contributed by atoms with Crippen LogP contribution in [0.15, 0.2) is 53.4 Å². The summed E-state index contributed by atoms with van der Waals surface area (Å²) in [5, 5.41) is 6.94. The van der Waals surface area contributed by atoms with Crippen molar-refractivity contribution in [1.29, 1.82) is 0 Å². The van der Waals surface area contributed by atoms with E-state index >= 15 is 0 Å². The van der Waals surface area contributed by atoms with E-state index in [4.69, 9.17) is 0 Å². The summed E-state index contributed by atoms with van der Waals surface area (Å²) in [6.07, 6.45) is 16.1. The summed E-state index contributed by atoms with van der Waals surface area (Å²) in [6, 6.07) is 0. The van der Waals surface area contributed by atoms with Crippen molar-refractivity contribution < 1.29 is 9.59 Å². The van der Waals surface area contributed by atoms with Crippen molar-refractivity contribution >= 4 is 17.4 Å². The summed E-state index contributed by atoms with van der Waals surface area (Å²) in [5.74, 6) is 0.596. The molecule has 0 radical (unpaired) electrons. The fourth-order valence-electron chi connectivity index (χ4n) is 4.22. The van der Waals surface area contributed by atoms with Crippen molar-refractivity contribution in [3.63, 3.8) is 0 Å². The Labute approximate surface area is 164 Å². The molecule has 144 valence electrons. The van der Waals surface area contributed by atoms with Crippen molar-refractivity contribution in [2.24, 2.45) is 5.92 Å². The van der Waals surface area contributed by atoms with Gasteiger partial charge in [0.2, 0.25) is 5.91 Å². The van der Waals surface area contributed by atoms with E-state index in [2.05, 4.69) is 22.3 Å². The van der Waals surface area contributed by atoms with Crippen LogP contribution in [0.5, 0.6) is 0 Å². The van der Waals surface area contributed by atoms with E-state index in [1.54, 1.807) is 0 Å². The van der Waals surface area contributed by atoms with Crippen molar-refractivity contribution in [1.82, 2.24) is 20.0 Å². The lowest BCUT2D eigenvalue weighted by Crippen LogP contribution is -2.51. The maximum absolute atomic E-state index is 13.1. The number of aromatic nitrogens is 2. The molecule has 4 aliphatic rings. The molecule has 28 heavy (non-hydrogen) atoms. The summed E-state index contributed by atoms with van der Waals surface area (Å²) < 4.78 is 0. The molecule has 1 aliphatic heterocycles. The fourth-order valence-corrected chi connectivity index (χ4v) is 4.22. The van der Waals surface area contributed by atoms with Gasteiger partial charge in [0, 0.05) is 49.4 Å². The van der Waals surface area contributed by atoms with Crippen LogP contribution >= 0.6 is 0 Å². The van der Waals surface area contributed by atoms with Crippen molar-refractivity contribution in [2.45, 2.75) is 25.7 Å². The first-order valence-corrected chi connectivity index (χ1v) is 10.1. The molecule has 0 atom stereocenters. The lowest BCUT2D eigenvalue weighted by atomic mass is 9.98.